The lowest BCUT2D eigenvalue weighted by molar-refractivity contribution is 0.0680. The fourth-order valence-electron chi connectivity index (χ4n) is 1.54. The van der Waals surface area contributed by atoms with Crippen LogP contribution in [0.4, 0.5) is 0 Å². The Morgan fingerprint density at radius 1 is 1.73 bits per heavy atom. The van der Waals surface area contributed by atoms with Crippen LogP contribution in [0.1, 0.15) is 34.9 Å². The second kappa shape index (κ2) is 4.02. The highest BCUT2D eigenvalue weighted by Crippen LogP contribution is 2.39. The minimum absolute atomic E-state index is 0.258. The number of ether oxygens (including phenoxy) is 1. The molecule has 0 aromatic carbocycles. The van der Waals surface area contributed by atoms with Crippen LogP contribution in [0.5, 0.6) is 0 Å². The topological polar surface area (TPSA) is 64.4 Å². The van der Waals surface area contributed by atoms with Gasteiger partial charge in [-0.25, -0.2) is 4.79 Å². The smallest absolute Gasteiger partial charge is 0.354 e. The van der Waals surface area contributed by atoms with Crippen LogP contribution in [0.25, 0.3) is 0 Å². The standard InChI is InChI=1S/C10H14N2O3/c1-15-5-4-12-9(10(13)14)6-8(11-12)7-2-3-7/h6-7H,2-5H2,1H3,(H,13,14). The summed E-state index contributed by atoms with van der Waals surface area (Å²) in [7, 11) is 1.59. The van der Waals surface area contributed by atoms with Crippen LogP contribution in [0, 0.1) is 0 Å². The molecule has 1 fully saturated rings. The van der Waals surface area contributed by atoms with Gasteiger partial charge in [-0.05, 0) is 18.9 Å². The van der Waals surface area contributed by atoms with Crippen LogP contribution in [0.2, 0.25) is 0 Å². The molecular weight excluding hydrogens is 196 g/mol. The molecule has 5 nitrogen and oxygen atoms in total. The molecule has 2 rings (SSSR count). The maximum Gasteiger partial charge on any atom is 0.354 e. The molecule has 0 bridgehead atoms. The average molecular weight is 210 g/mol. The first-order valence-corrected chi connectivity index (χ1v) is 5.02. The van der Waals surface area contributed by atoms with E-state index in [0.29, 0.717) is 19.1 Å². The van der Waals surface area contributed by atoms with Gasteiger partial charge in [-0.1, -0.05) is 0 Å². The summed E-state index contributed by atoms with van der Waals surface area (Å²) in [6.07, 6.45) is 2.25. The molecule has 1 aliphatic rings. The van der Waals surface area contributed by atoms with E-state index >= 15 is 0 Å². The number of nitrogens with zero attached hydrogens (tertiary/aromatic N) is 2. The first-order valence-electron chi connectivity index (χ1n) is 5.02. The molecule has 0 aliphatic heterocycles. The minimum atomic E-state index is -0.925. The highest BCUT2D eigenvalue weighted by atomic mass is 16.5. The Morgan fingerprint density at radius 3 is 3.00 bits per heavy atom. The molecule has 1 aliphatic carbocycles. The maximum atomic E-state index is 10.9. The average Bonchev–Trinajstić information content (AvgIpc) is 2.96. The van der Waals surface area contributed by atoms with Gasteiger partial charge in [0, 0.05) is 13.0 Å². The molecule has 0 radical (unpaired) electrons. The SMILES string of the molecule is COCCn1nc(C2CC2)cc1C(=O)O. The predicted molar refractivity (Wildman–Crippen MR) is 53.0 cm³/mol. The second-order valence-electron chi connectivity index (χ2n) is 3.75. The zero-order valence-electron chi connectivity index (χ0n) is 8.64. The number of carbonyl (C=O) groups is 1. The van der Waals surface area contributed by atoms with E-state index in [2.05, 4.69) is 5.10 Å². The molecule has 5 heteroatoms. The van der Waals surface area contributed by atoms with E-state index in [-0.39, 0.29) is 5.69 Å². The highest BCUT2D eigenvalue weighted by molar-refractivity contribution is 5.85. The number of carboxylic acid groups (broad SMARTS) is 1. The van der Waals surface area contributed by atoms with Crippen molar-refractivity contribution in [3.05, 3.63) is 17.5 Å². The molecule has 0 saturated heterocycles. The normalized spacial score (nSPS) is 15.5. The Balaban J connectivity index is 2.20. The summed E-state index contributed by atoms with van der Waals surface area (Å²) in [6, 6.07) is 1.68. The van der Waals surface area contributed by atoms with Gasteiger partial charge in [-0.15, -0.1) is 0 Å². The van der Waals surface area contributed by atoms with E-state index in [0.717, 1.165) is 18.5 Å². The first-order chi connectivity index (χ1) is 7.22. The molecule has 0 unspecified atom stereocenters. The largest absolute Gasteiger partial charge is 0.477 e. The lowest BCUT2D eigenvalue weighted by Crippen LogP contribution is -2.13. The van der Waals surface area contributed by atoms with Crippen molar-refractivity contribution in [2.45, 2.75) is 25.3 Å². The van der Waals surface area contributed by atoms with Gasteiger partial charge in [0.1, 0.15) is 5.69 Å². The van der Waals surface area contributed by atoms with Crippen molar-refractivity contribution in [3.63, 3.8) is 0 Å². The van der Waals surface area contributed by atoms with E-state index in [1.807, 2.05) is 0 Å². The van der Waals surface area contributed by atoms with Crippen molar-refractivity contribution in [2.24, 2.45) is 0 Å². The number of aromatic nitrogens is 2. The number of methoxy groups -OCH3 is 1. The zero-order chi connectivity index (χ0) is 10.8. The van der Waals surface area contributed by atoms with Gasteiger partial charge in [0.2, 0.25) is 0 Å². The zero-order valence-corrected chi connectivity index (χ0v) is 8.64. The molecular formula is C10H14N2O3. The number of aromatic carboxylic acids is 1. The van der Waals surface area contributed by atoms with Gasteiger partial charge in [-0.3, -0.25) is 4.68 Å². The molecule has 1 heterocycles. The Kier molecular flexibility index (Phi) is 2.73. The summed E-state index contributed by atoms with van der Waals surface area (Å²) >= 11 is 0. The maximum absolute atomic E-state index is 10.9. The molecule has 1 aromatic rings. The third-order valence-corrected chi connectivity index (χ3v) is 2.52. The molecule has 0 atom stereocenters. The van der Waals surface area contributed by atoms with Gasteiger partial charge in [0.25, 0.3) is 0 Å². The second-order valence-corrected chi connectivity index (χ2v) is 3.75. The summed E-state index contributed by atoms with van der Waals surface area (Å²) in [5.74, 6) is -0.447. The fourth-order valence-corrected chi connectivity index (χ4v) is 1.54. The third kappa shape index (κ3) is 2.18. The summed E-state index contributed by atoms with van der Waals surface area (Å²) < 4.78 is 6.43. The molecule has 1 saturated carbocycles. The Bertz CT molecular complexity index is 369. The number of hydrogen-bond acceptors (Lipinski definition) is 3. The lowest BCUT2D eigenvalue weighted by Gasteiger charge is -2.02. The summed E-state index contributed by atoms with van der Waals surface area (Å²) in [5.41, 5.74) is 1.16. The van der Waals surface area contributed by atoms with Crippen molar-refractivity contribution >= 4 is 5.97 Å². The highest BCUT2D eigenvalue weighted by Gasteiger charge is 2.28. The van der Waals surface area contributed by atoms with E-state index in [9.17, 15) is 4.79 Å². The van der Waals surface area contributed by atoms with Gasteiger partial charge in [0.05, 0.1) is 18.8 Å². The Hall–Kier alpha value is -1.36. The minimum Gasteiger partial charge on any atom is -0.477 e. The number of hydrogen-bond donors (Lipinski definition) is 1. The van der Waals surface area contributed by atoms with E-state index in [1.165, 1.54) is 4.68 Å². The molecule has 15 heavy (non-hydrogen) atoms. The summed E-state index contributed by atoms with van der Waals surface area (Å²) in [6.45, 7) is 0.969. The number of rotatable bonds is 5. The van der Waals surface area contributed by atoms with Gasteiger partial charge in [-0.2, -0.15) is 5.10 Å². The van der Waals surface area contributed by atoms with Crippen molar-refractivity contribution in [1.82, 2.24) is 9.78 Å². The van der Waals surface area contributed by atoms with Gasteiger partial charge in [0.15, 0.2) is 0 Å². The molecule has 0 amide bonds. The van der Waals surface area contributed by atoms with Crippen LogP contribution in [0.3, 0.4) is 0 Å². The molecule has 1 N–H and O–H groups in total. The van der Waals surface area contributed by atoms with Gasteiger partial charge < -0.3 is 9.84 Å². The molecule has 0 spiro atoms. The quantitative estimate of drug-likeness (QED) is 0.790. The summed E-state index contributed by atoms with van der Waals surface area (Å²) in [5, 5.41) is 13.3. The predicted octanol–water partition coefficient (Wildman–Crippen LogP) is 1.11. The van der Waals surface area contributed by atoms with Crippen LogP contribution < -0.4 is 0 Å². The van der Waals surface area contributed by atoms with Crippen LogP contribution >= 0.6 is 0 Å². The van der Waals surface area contributed by atoms with Crippen LogP contribution in [-0.2, 0) is 11.3 Å². The fraction of sp³-hybridized carbons (Fsp3) is 0.600. The number of carboxylic acids is 1. The first kappa shape index (κ1) is 10.2. The molecule has 82 valence electrons. The molecule has 1 aromatic heterocycles. The van der Waals surface area contributed by atoms with Crippen molar-refractivity contribution in [1.29, 1.82) is 0 Å². The van der Waals surface area contributed by atoms with E-state index in [4.69, 9.17) is 9.84 Å². The Morgan fingerprint density at radius 2 is 2.47 bits per heavy atom. The van der Waals surface area contributed by atoms with Crippen LogP contribution in [-0.4, -0.2) is 34.6 Å². The summed E-state index contributed by atoms with van der Waals surface area (Å²) in [4.78, 5) is 10.9. The van der Waals surface area contributed by atoms with Crippen molar-refractivity contribution < 1.29 is 14.6 Å². The van der Waals surface area contributed by atoms with Crippen molar-refractivity contribution in [2.75, 3.05) is 13.7 Å². The van der Waals surface area contributed by atoms with Crippen LogP contribution in [0.15, 0.2) is 6.07 Å². The van der Waals surface area contributed by atoms with Gasteiger partial charge >= 0.3 is 5.97 Å². The monoisotopic (exact) mass is 210 g/mol. The van der Waals surface area contributed by atoms with E-state index in [1.54, 1.807) is 13.2 Å². The Labute approximate surface area is 87.7 Å². The third-order valence-electron chi connectivity index (χ3n) is 2.52. The lowest BCUT2D eigenvalue weighted by atomic mass is 10.3. The van der Waals surface area contributed by atoms with Crippen molar-refractivity contribution in [3.8, 4) is 0 Å². The van der Waals surface area contributed by atoms with E-state index < -0.39 is 5.97 Å².